The van der Waals surface area contributed by atoms with Gasteiger partial charge in [-0.15, -0.1) is 0 Å². The summed E-state index contributed by atoms with van der Waals surface area (Å²) in [7, 11) is -2.23. The van der Waals surface area contributed by atoms with Gasteiger partial charge in [0.15, 0.2) is 15.2 Å². The average Bonchev–Trinajstić information content (AvgIpc) is 3.06. The van der Waals surface area contributed by atoms with Gasteiger partial charge in [-0.2, -0.15) is 65.9 Å². The van der Waals surface area contributed by atoms with Gasteiger partial charge >= 0.3 is 41.7 Å². The molecule has 1 heterocycles. The molecule has 200 valence electrons. The molecule has 0 aliphatic rings. The van der Waals surface area contributed by atoms with E-state index in [1.165, 1.54) is 36.4 Å². The monoisotopic (exact) mass is 567 g/mol. The molecule has 3 aromatic rings. The number of thiophene rings is 1. The van der Waals surface area contributed by atoms with E-state index in [0.717, 1.165) is 12.1 Å². The fourth-order valence-electron chi connectivity index (χ4n) is 3.35. The minimum atomic E-state index is -8.28. The van der Waals surface area contributed by atoms with E-state index in [0.29, 0.717) is 0 Å². The van der Waals surface area contributed by atoms with Crippen LogP contribution in [0.1, 0.15) is 0 Å². The van der Waals surface area contributed by atoms with Crippen molar-refractivity contribution < 1.29 is 65.9 Å². The highest BCUT2D eigenvalue weighted by Gasteiger charge is 2.93. The zero-order valence-electron chi connectivity index (χ0n) is 16.9. The second kappa shape index (κ2) is 8.05. The van der Waals surface area contributed by atoms with Crippen molar-refractivity contribution in [3.63, 3.8) is 0 Å². The molecule has 0 fully saturated rings. The van der Waals surface area contributed by atoms with E-state index in [1.54, 1.807) is 0 Å². The summed E-state index contributed by atoms with van der Waals surface area (Å²) in [4.78, 5) is 0. The lowest BCUT2D eigenvalue weighted by Gasteiger charge is -2.40. The molecule has 0 bridgehead atoms. The van der Waals surface area contributed by atoms with Crippen LogP contribution in [0.15, 0.2) is 48.5 Å². The van der Waals surface area contributed by atoms with E-state index in [1.807, 2.05) is 0 Å². The Morgan fingerprint density at radius 2 is 0.778 bits per heavy atom. The van der Waals surface area contributed by atoms with Crippen LogP contribution in [0.4, 0.5) is 65.9 Å². The number of benzene rings is 2. The molecule has 0 aliphatic heterocycles. The third-order valence-corrected chi connectivity index (χ3v) is 7.74. The molecule has 0 aliphatic carbocycles. The molecule has 0 amide bonds. The van der Waals surface area contributed by atoms with Gasteiger partial charge in [-0.05, 0) is 34.7 Å². The summed E-state index contributed by atoms with van der Waals surface area (Å²) in [5, 5.41) is 0.369. The number of alkyl halides is 15. The first-order valence-corrected chi connectivity index (χ1v) is 10.7. The second-order valence-corrected chi connectivity index (χ2v) is 9.55. The first-order chi connectivity index (χ1) is 16.1. The molecule has 0 atom stereocenters. The van der Waals surface area contributed by atoms with Crippen molar-refractivity contribution in [1.29, 1.82) is 0 Å². The number of halogens is 15. The zero-order valence-corrected chi connectivity index (χ0v) is 17.7. The van der Waals surface area contributed by atoms with E-state index in [9.17, 15) is 65.9 Å². The summed E-state index contributed by atoms with van der Waals surface area (Å²) >= 11 is 0. The molecule has 0 nitrogen and oxygen atoms in total. The van der Waals surface area contributed by atoms with E-state index in [4.69, 9.17) is 0 Å². The van der Waals surface area contributed by atoms with Gasteiger partial charge in [-0.1, -0.05) is 24.3 Å². The highest BCUT2D eigenvalue weighted by atomic mass is 32.2. The normalized spacial score (nSPS) is 15.2. The van der Waals surface area contributed by atoms with Gasteiger partial charge in [0.05, 0.1) is 0 Å². The van der Waals surface area contributed by atoms with E-state index in [2.05, 4.69) is 0 Å². The largest absolute Gasteiger partial charge is 0.460 e. The molecule has 1 aromatic heterocycles. The van der Waals surface area contributed by atoms with Gasteiger partial charge in [0.1, 0.15) is 0 Å². The van der Waals surface area contributed by atoms with Gasteiger partial charge in [-0.25, -0.2) is 0 Å². The van der Waals surface area contributed by atoms with Crippen molar-refractivity contribution in [2.24, 2.45) is 0 Å². The quantitative estimate of drug-likeness (QED) is 0.197. The lowest BCUT2D eigenvalue weighted by molar-refractivity contribution is -0.451. The summed E-state index contributed by atoms with van der Waals surface area (Å²) < 4.78 is 202. The zero-order chi connectivity index (χ0) is 27.8. The van der Waals surface area contributed by atoms with Gasteiger partial charge < -0.3 is 0 Å². The Bertz CT molecular complexity index is 1220. The van der Waals surface area contributed by atoms with Crippen molar-refractivity contribution in [3.8, 4) is 0 Å². The van der Waals surface area contributed by atoms with Crippen LogP contribution in [-0.4, -0.2) is 41.7 Å². The molecule has 16 heteroatoms. The van der Waals surface area contributed by atoms with E-state index >= 15 is 0 Å². The predicted octanol–water partition coefficient (Wildman–Crippen LogP) is 9.12. The van der Waals surface area contributed by atoms with Crippen molar-refractivity contribution in [2.75, 3.05) is 0 Å². The van der Waals surface area contributed by atoms with Crippen LogP contribution in [-0.2, 0) is 5.75 Å². The third-order valence-electron chi connectivity index (χ3n) is 5.31. The molecule has 3 rings (SSSR count). The Kier molecular flexibility index (Phi) is 6.30. The summed E-state index contributed by atoms with van der Waals surface area (Å²) in [5.41, 5.74) is 0. The van der Waals surface area contributed by atoms with E-state index in [-0.39, 0.29) is 20.2 Å². The maximum Gasteiger partial charge on any atom is 0.460 e. The summed E-state index contributed by atoms with van der Waals surface area (Å²) in [6.45, 7) is 0. The summed E-state index contributed by atoms with van der Waals surface area (Å²) in [6, 6.07) is 10.2. The predicted molar refractivity (Wildman–Crippen MR) is 99.7 cm³/mol. The molecule has 0 saturated heterocycles. The van der Waals surface area contributed by atoms with Crippen molar-refractivity contribution in [3.05, 3.63) is 48.5 Å². The Balaban J connectivity index is 2.14. The van der Waals surface area contributed by atoms with Crippen LogP contribution in [0.2, 0.25) is 0 Å². The summed E-state index contributed by atoms with van der Waals surface area (Å²) in [5.74, 6) is -48.7. The van der Waals surface area contributed by atoms with Gasteiger partial charge in [-0.3, -0.25) is 0 Å². The topological polar surface area (TPSA) is 0 Å². The molecule has 36 heavy (non-hydrogen) atoms. The lowest BCUT2D eigenvalue weighted by Crippen LogP contribution is -2.72. The molecule has 0 saturated carbocycles. The Hall–Kier alpha value is -2.39. The Morgan fingerprint density at radius 3 is 1.17 bits per heavy atom. The van der Waals surface area contributed by atoms with E-state index < -0.39 is 57.9 Å². The standard InChI is InChI=1S/C20H10F15S/c21-14(22,9-36-12-7-3-1-5-10(12)11-6-2-4-8-13(11)36)15(23,24)16(25,26)17(27,28)18(29,30)19(31,32)20(33,34)35/h1-8H,9H2/q+1. The smallest absolute Gasteiger partial charge is 0.194 e. The van der Waals surface area contributed by atoms with Crippen LogP contribution in [0.3, 0.4) is 0 Å². The SMILES string of the molecule is FC(F)(F)C(F)(F)C(F)(F)C(F)(F)C(F)(F)C(F)(F)C(F)(F)C[s+]1c2ccccc2c2ccccc21. The van der Waals surface area contributed by atoms with Crippen LogP contribution < -0.4 is 0 Å². The first kappa shape index (κ1) is 28.2. The van der Waals surface area contributed by atoms with Gasteiger partial charge in [0.2, 0.25) is 0 Å². The molecule has 0 radical (unpaired) electrons. The van der Waals surface area contributed by atoms with Crippen molar-refractivity contribution in [2.45, 2.75) is 47.5 Å². The molecule has 0 N–H and O–H groups in total. The van der Waals surface area contributed by atoms with Gasteiger partial charge in [0.25, 0.3) is 0 Å². The third kappa shape index (κ3) is 3.61. The maximum atomic E-state index is 14.6. The van der Waals surface area contributed by atoms with Gasteiger partial charge in [0, 0.05) is 10.8 Å². The fourth-order valence-corrected chi connectivity index (χ4v) is 5.82. The average molecular weight is 567 g/mol. The van der Waals surface area contributed by atoms with Crippen molar-refractivity contribution >= 4 is 30.6 Å². The molecule has 0 unspecified atom stereocenters. The maximum absolute atomic E-state index is 14.6. The molecular weight excluding hydrogens is 557 g/mol. The lowest BCUT2D eigenvalue weighted by atomic mass is 9.91. The number of hydrogen-bond acceptors (Lipinski definition) is 0. The Morgan fingerprint density at radius 1 is 0.444 bits per heavy atom. The minimum absolute atomic E-state index is 0.127. The summed E-state index contributed by atoms with van der Waals surface area (Å²) in [6.07, 6.45) is -7.62. The highest BCUT2D eigenvalue weighted by molar-refractivity contribution is 7.42. The fraction of sp³-hybridized carbons (Fsp3) is 0.400. The molecule has 2 aromatic carbocycles. The van der Waals surface area contributed by atoms with Crippen LogP contribution >= 0.6 is 10.5 Å². The number of rotatable bonds is 7. The van der Waals surface area contributed by atoms with Crippen LogP contribution in [0, 0.1) is 0 Å². The first-order valence-electron chi connectivity index (χ1n) is 9.29. The highest BCUT2D eigenvalue weighted by Crippen LogP contribution is 2.63. The number of hydrogen-bond donors (Lipinski definition) is 0. The molecule has 0 spiro atoms. The van der Waals surface area contributed by atoms with Crippen LogP contribution in [0.5, 0.6) is 0 Å². The van der Waals surface area contributed by atoms with Crippen LogP contribution in [0.25, 0.3) is 20.2 Å². The van der Waals surface area contributed by atoms with Crippen molar-refractivity contribution in [1.82, 2.24) is 0 Å². The second-order valence-electron chi connectivity index (χ2n) is 7.60. The molecular formula is C20H10F15S+. The number of fused-ring (bicyclic) bond motifs is 3. The Labute approximate surface area is 193 Å². The minimum Gasteiger partial charge on any atom is -0.194 e.